The minimum Gasteiger partial charge on any atom is -0.342 e. The molecule has 25 heavy (non-hydrogen) atoms. The Bertz CT molecular complexity index is 749. The fourth-order valence-corrected chi connectivity index (χ4v) is 3.44. The molecule has 2 atom stereocenters. The summed E-state index contributed by atoms with van der Waals surface area (Å²) in [7, 11) is 0. The summed E-state index contributed by atoms with van der Waals surface area (Å²) < 4.78 is 18.9. The number of aryl methyl sites for hydroxylation is 2. The van der Waals surface area contributed by atoms with Gasteiger partial charge in [0.2, 0.25) is 17.6 Å². The van der Waals surface area contributed by atoms with E-state index in [0.29, 0.717) is 47.5 Å². The van der Waals surface area contributed by atoms with E-state index in [1.165, 1.54) is 12.5 Å². The highest BCUT2D eigenvalue weighted by Gasteiger charge is 2.25. The van der Waals surface area contributed by atoms with Gasteiger partial charge in [0.25, 0.3) is 0 Å². The summed E-state index contributed by atoms with van der Waals surface area (Å²) in [6.45, 7) is 7.71. The predicted molar refractivity (Wildman–Crippen MR) is 92.3 cm³/mol. The highest BCUT2D eigenvalue weighted by molar-refractivity contribution is 5.76. The van der Waals surface area contributed by atoms with Gasteiger partial charge in [-0.1, -0.05) is 31.1 Å². The second kappa shape index (κ2) is 7.33. The number of likely N-dealkylation sites (tertiary alicyclic amines) is 1. The highest BCUT2D eigenvalue weighted by atomic mass is 19.1. The van der Waals surface area contributed by atoms with Gasteiger partial charge in [0, 0.05) is 31.5 Å². The first-order valence-corrected chi connectivity index (χ1v) is 8.79. The zero-order valence-electron chi connectivity index (χ0n) is 15.0. The summed E-state index contributed by atoms with van der Waals surface area (Å²) in [4.78, 5) is 18.6. The Morgan fingerprint density at radius 2 is 2.04 bits per heavy atom. The quantitative estimate of drug-likeness (QED) is 0.849. The zero-order valence-corrected chi connectivity index (χ0v) is 15.0. The lowest BCUT2D eigenvalue weighted by atomic mass is 9.91. The Labute approximate surface area is 147 Å². The summed E-state index contributed by atoms with van der Waals surface area (Å²) in [6.07, 6.45) is 1.92. The van der Waals surface area contributed by atoms with E-state index in [9.17, 15) is 9.18 Å². The minimum atomic E-state index is -0.299. The zero-order chi connectivity index (χ0) is 18.0. The molecule has 1 saturated heterocycles. The van der Waals surface area contributed by atoms with Crippen LogP contribution in [-0.4, -0.2) is 34.0 Å². The van der Waals surface area contributed by atoms with E-state index in [0.717, 1.165) is 13.1 Å². The average Bonchev–Trinajstić information content (AvgIpc) is 3.03. The number of hydrogen-bond acceptors (Lipinski definition) is 4. The lowest BCUT2D eigenvalue weighted by Gasteiger charge is -2.35. The van der Waals surface area contributed by atoms with E-state index in [4.69, 9.17) is 4.52 Å². The number of benzene rings is 1. The molecule has 0 unspecified atom stereocenters. The van der Waals surface area contributed by atoms with E-state index in [1.54, 1.807) is 19.1 Å². The molecule has 1 fully saturated rings. The van der Waals surface area contributed by atoms with Crippen LogP contribution in [0.3, 0.4) is 0 Å². The molecule has 5 nitrogen and oxygen atoms in total. The standard InChI is InChI=1S/C19H24FN3O2/c1-12-8-13(2)11-23(10-12)18(24)7-6-17-21-19(22-25-17)15-5-4-14(3)16(20)9-15/h4-5,9,12-13H,6-8,10-11H2,1-3H3/t12-,13-/m0/s1. The topological polar surface area (TPSA) is 59.2 Å². The third kappa shape index (κ3) is 4.24. The largest absolute Gasteiger partial charge is 0.342 e. The van der Waals surface area contributed by atoms with Crippen molar-refractivity contribution in [3.63, 3.8) is 0 Å². The maximum atomic E-state index is 13.7. The molecule has 1 aliphatic heterocycles. The number of carbonyl (C=O) groups excluding carboxylic acids is 1. The summed E-state index contributed by atoms with van der Waals surface area (Å²) in [5, 5.41) is 3.89. The van der Waals surface area contributed by atoms with Gasteiger partial charge in [-0.05, 0) is 36.8 Å². The first-order chi connectivity index (χ1) is 11.9. The van der Waals surface area contributed by atoms with Crippen LogP contribution in [0.1, 0.15) is 38.1 Å². The van der Waals surface area contributed by atoms with E-state index in [2.05, 4.69) is 24.0 Å². The molecule has 0 spiro atoms. The second-order valence-electron chi connectivity index (χ2n) is 7.22. The smallest absolute Gasteiger partial charge is 0.227 e. The van der Waals surface area contributed by atoms with Gasteiger partial charge in [0.1, 0.15) is 5.82 Å². The predicted octanol–water partition coefficient (Wildman–Crippen LogP) is 3.62. The van der Waals surface area contributed by atoms with Gasteiger partial charge >= 0.3 is 0 Å². The molecule has 2 aromatic rings. The number of carbonyl (C=O) groups is 1. The monoisotopic (exact) mass is 345 g/mol. The lowest BCUT2D eigenvalue weighted by Crippen LogP contribution is -2.42. The molecule has 0 radical (unpaired) electrons. The Morgan fingerprint density at radius 1 is 1.32 bits per heavy atom. The average molecular weight is 345 g/mol. The van der Waals surface area contributed by atoms with E-state index in [1.807, 2.05) is 4.90 Å². The Balaban J connectivity index is 1.60. The molecule has 6 heteroatoms. The first kappa shape index (κ1) is 17.6. The van der Waals surface area contributed by atoms with Crippen molar-refractivity contribution in [3.05, 3.63) is 35.5 Å². The number of hydrogen-bond donors (Lipinski definition) is 0. The van der Waals surface area contributed by atoms with Crippen LogP contribution >= 0.6 is 0 Å². The van der Waals surface area contributed by atoms with Gasteiger partial charge in [-0.25, -0.2) is 4.39 Å². The SMILES string of the molecule is Cc1ccc(-c2noc(CCC(=O)N3C[C@@H](C)C[C@H](C)C3)n2)cc1F. The Morgan fingerprint density at radius 3 is 2.72 bits per heavy atom. The van der Waals surface area contributed by atoms with E-state index < -0.39 is 0 Å². The molecule has 1 aromatic heterocycles. The van der Waals surface area contributed by atoms with Gasteiger partial charge in [0.05, 0.1) is 0 Å². The van der Waals surface area contributed by atoms with Gasteiger partial charge in [0.15, 0.2) is 0 Å². The Kier molecular flexibility index (Phi) is 5.16. The summed E-state index contributed by atoms with van der Waals surface area (Å²) >= 11 is 0. The van der Waals surface area contributed by atoms with Crippen LogP contribution in [0.4, 0.5) is 4.39 Å². The number of nitrogens with zero attached hydrogens (tertiary/aromatic N) is 3. The minimum absolute atomic E-state index is 0.125. The van der Waals surface area contributed by atoms with Gasteiger partial charge in [-0.15, -0.1) is 0 Å². The van der Waals surface area contributed by atoms with Crippen molar-refractivity contribution in [2.24, 2.45) is 11.8 Å². The van der Waals surface area contributed by atoms with Crippen molar-refractivity contribution >= 4 is 5.91 Å². The van der Waals surface area contributed by atoms with Crippen molar-refractivity contribution in [3.8, 4) is 11.4 Å². The molecule has 1 aromatic carbocycles. The van der Waals surface area contributed by atoms with Crippen LogP contribution in [0.2, 0.25) is 0 Å². The number of rotatable bonds is 4. The van der Waals surface area contributed by atoms with Crippen LogP contribution < -0.4 is 0 Å². The van der Waals surface area contributed by atoms with Gasteiger partial charge in [-0.2, -0.15) is 4.98 Å². The van der Waals surface area contributed by atoms with Crippen molar-refractivity contribution in [1.82, 2.24) is 15.0 Å². The third-order valence-corrected chi connectivity index (χ3v) is 4.67. The van der Waals surface area contributed by atoms with Crippen LogP contribution in [0, 0.1) is 24.6 Å². The van der Waals surface area contributed by atoms with Gasteiger partial charge in [-0.3, -0.25) is 4.79 Å². The number of piperidine rings is 1. The summed E-state index contributed by atoms with van der Waals surface area (Å²) in [5.41, 5.74) is 1.14. The number of amides is 1. The van der Waals surface area contributed by atoms with Crippen molar-refractivity contribution < 1.29 is 13.7 Å². The molecule has 0 bridgehead atoms. The molecule has 3 rings (SSSR count). The first-order valence-electron chi connectivity index (χ1n) is 8.79. The van der Waals surface area contributed by atoms with Crippen LogP contribution in [0.5, 0.6) is 0 Å². The van der Waals surface area contributed by atoms with Crippen LogP contribution in [-0.2, 0) is 11.2 Å². The summed E-state index contributed by atoms with van der Waals surface area (Å²) in [6, 6.07) is 4.84. The normalized spacial score (nSPS) is 20.7. The third-order valence-electron chi connectivity index (χ3n) is 4.67. The molecular formula is C19H24FN3O2. The number of halogens is 1. The Hall–Kier alpha value is -2.24. The molecule has 0 saturated carbocycles. The fraction of sp³-hybridized carbons (Fsp3) is 0.526. The van der Waals surface area contributed by atoms with Crippen molar-refractivity contribution in [2.45, 2.75) is 40.0 Å². The maximum Gasteiger partial charge on any atom is 0.227 e. The van der Waals surface area contributed by atoms with Crippen LogP contribution in [0.25, 0.3) is 11.4 Å². The fourth-order valence-electron chi connectivity index (χ4n) is 3.44. The molecule has 1 amide bonds. The lowest BCUT2D eigenvalue weighted by molar-refractivity contribution is -0.133. The maximum absolute atomic E-state index is 13.7. The van der Waals surface area contributed by atoms with Crippen LogP contribution in [0.15, 0.2) is 22.7 Å². The highest BCUT2D eigenvalue weighted by Crippen LogP contribution is 2.22. The van der Waals surface area contributed by atoms with E-state index in [-0.39, 0.29) is 11.7 Å². The molecule has 2 heterocycles. The molecule has 1 aliphatic rings. The number of aromatic nitrogens is 2. The van der Waals surface area contributed by atoms with Crippen molar-refractivity contribution in [1.29, 1.82) is 0 Å². The van der Waals surface area contributed by atoms with Crippen molar-refractivity contribution in [2.75, 3.05) is 13.1 Å². The summed E-state index contributed by atoms with van der Waals surface area (Å²) in [5.74, 6) is 1.66. The second-order valence-corrected chi connectivity index (χ2v) is 7.22. The van der Waals surface area contributed by atoms with E-state index >= 15 is 0 Å². The molecule has 0 aliphatic carbocycles. The molecule has 0 N–H and O–H groups in total. The van der Waals surface area contributed by atoms with Gasteiger partial charge < -0.3 is 9.42 Å². The molecule has 134 valence electrons. The molecular weight excluding hydrogens is 321 g/mol.